The maximum absolute atomic E-state index is 12.3. The molecule has 34 heavy (non-hydrogen) atoms. The van der Waals surface area contributed by atoms with Crippen LogP contribution in [0, 0.1) is 0 Å². The first-order valence-corrected chi connectivity index (χ1v) is 14.6. The molecule has 2 atom stereocenters. The van der Waals surface area contributed by atoms with Crippen LogP contribution in [0.2, 0.25) is 0 Å². The number of carboxylic acid groups (broad SMARTS) is 2. The van der Waals surface area contributed by atoms with Gasteiger partial charge in [-0.15, -0.1) is 0 Å². The van der Waals surface area contributed by atoms with Gasteiger partial charge in [-0.2, -0.15) is 0 Å². The molecule has 14 nitrogen and oxygen atoms in total. The molecule has 0 saturated carbocycles. The molecular weight excluding hydrogens is 494 g/mol. The third-order valence-corrected chi connectivity index (χ3v) is 7.90. The van der Waals surface area contributed by atoms with E-state index in [0.717, 1.165) is 0 Å². The van der Waals surface area contributed by atoms with Crippen LogP contribution in [0.1, 0.15) is 13.8 Å². The van der Waals surface area contributed by atoms with Crippen molar-refractivity contribution >= 4 is 27.1 Å². The molecule has 200 valence electrons. The summed E-state index contributed by atoms with van der Waals surface area (Å²) < 4.78 is 34.5. The average Bonchev–Trinajstić information content (AvgIpc) is 2.68. The van der Waals surface area contributed by atoms with Gasteiger partial charge in [-0.25, -0.2) is 0 Å². The van der Waals surface area contributed by atoms with Gasteiger partial charge in [0, 0.05) is 52.4 Å². The molecule has 0 aromatic carbocycles. The summed E-state index contributed by atoms with van der Waals surface area (Å²) in [7, 11) is -7.80. The Morgan fingerprint density at radius 3 is 1.15 bits per heavy atom. The summed E-state index contributed by atoms with van der Waals surface area (Å²) in [6.45, 7) is 4.83. The Bertz CT molecular complexity index is 668. The van der Waals surface area contributed by atoms with Crippen molar-refractivity contribution in [3.63, 3.8) is 0 Å². The van der Waals surface area contributed by atoms with Gasteiger partial charge in [0.05, 0.1) is 26.3 Å². The molecule has 1 aliphatic heterocycles. The SMILES string of the molecule is CCOP(=O)(O)CN1CCN(CC(=O)O)CCN(CP(=O)(O)OCC)CCN(CC(=O)O)CC1. The van der Waals surface area contributed by atoms with Gasteiger partial charge >= 0.3 is 27.1 Å². The van der Waals surface area contributed by atoms with E-state index in [9.17, 15) is 38.7 Å². The predicted molar refractivity (Wildman–Crippen MR) is 124 cm³/mol. The lowest BCUT2D eigenvalue weighted by Gasteiger charge is -2.34. The van der Waals surface area contributed by atoms with Crippen LogP contribution in [-0.2, 0) is 27.8 Å². The minimum absolute atomic E-state index is 0.0597. The lowest BCUT2D eigenvalue weighted by molar-refractivity contribution is -0.139. The highest BCUT2D eigenvalue weighted by Gasteiger charge is 2.27. The molecule has 0 aromatic rings. The molecule has 0 aliphatic carbocycles. The second-order valence-electron chi connectivity index (χ2n) is 7.97. The molecule has 0 aromatic heterocycles. The highest BCUT2D eigenvalue weighted by Crippen LogP contribution is 2.43. The topological polar surface area (TPSA) is 181 Å². The average molecular weight is 532 g/mol. The first-order chi connectivity index (χ1) is 15.9. The summed E-state index contributed by atoms with van der Waals surface area (Å²) in [6, 6.07) is 0. The second kappa shape index (κ2) is 15.2. The number of carbonyl (C=O) groups is 2. The van der Waals surface area contributed by atoms with Gasteiger partial charge in [0.15, 0.2) is 0 Å². The minimum Gasteiger partial charge on any atom is -0.480 e. The first-order valence-electron chi connectivity index (χ1n) is 11.1. The van der Waals surface area contributed by atoms with E-state index in [1.165, 1.54) is 0 Å². The molecule has 0 amide bonds. The minimum atomic E-state index is -3.90. The van der Waals surface area contributed by atoms with Crippen molar-refractivity contribution in [2.24, 2.45) is 0 Å². The molecule has 16 heteroatoms. The van der Waals surface area contributed by atoms with Gasteiger partial charge in [-0.1, -0.05) is 0 Å². The summed E-state index contributed by atoms with van der Waals surface area (Å²) in [6.07, 6.45) is -0.534. The number of carboxylic acids is 2. The highest BCUT2D eigenvalue weighted by atomic mass is 31.2. The summed E-state index contributed by atoms with van der Waals surface area (Å²) in [4.78, 5) is 49.4. The fourth-order valence-corrected chi connectivity index (χ4v) is 6.10. The molecule has 2 unspecified atom stereocenters. The van der Waals surface area contributed by atoms with E-state index in [1.54, 1.807) is 33.4 Å². The number of rotatable bonds is 12. The largest absolute Gasteiger partial charge is 0.480 e. The Kier molecular flexibility index (Phi) is 14.0. The van der Waals surface area contributed by atoms with Crippen molar-refractivity contribution < 1.29 is 47.8 Å². The maximum Gasteiger partial charge on any atom is 0.341 e. The third-order valence-electron chi connectivity index (χ3n) is 5.07. The van der Waals surface area contributed by atoms with Crippen LogP contribution in [0.5, 0.6) is 0 Å². The van der Waals surface area contributed by atoms with Gasteiger partial charge in [-0.05, 0) is 13.8 Å². The highest BCUT2D eigenvalue weighted by molar-refractivity contribution is 7.53. The number of hydrogen-bond donors (Lipinski definition) is 4. The first kappa shape index (κ1) is 31.1. The van der Waals surface area contributed by atoms with Gasteiger partial charge in [0.2, 0.25) is 0 Å². The normalized spacial score (nSPS) is 22.2. The van der Waals surface area contributed by atoms with Crippen molar-refractivity contribution in [2.45, 2.75) is 13.8 Å². The Hall–Kier alpha value is -0.920. The van der Waals surface area contributed by atoms with Crippen LogP contribution in [0.25, 0.3) is 0 Å². The molecule has 1 saturated heterocycles. The summed E-state index contributed by atoms with van der Waals surface area (Å²) in [5.41, 5.74) is 0. The summed E-state index contributed by atoms with van der Waals surface area (Å²) in [5, 5.41) is 18.6. The van der Waals surface area contributed by atoms with Crippen molar-refractivity contribution in [2.75, 3.05) is 91.2 Å². The van der Waals surface area contributed by atoms with Crippen LogP contribution in [0.4, 0.5) is 0 Å². The fraction of sp³-hybridized carbons (Fsp3) is 0.889. The Morgan fingerprint density at radius 2 is 0.912 bits per heavy atom. The van der Waals surface area contributed by atoms with Crippen LogP contribution in [0.3, 0.4) is 0 Å². The second-order valence-corrected chi connectivity index (χ2v) is 11.6. The van der Waals surface area contributed by atoms with Gasteiger partial charge in [-0.3, -0.25) is 38.3 Å². The van der Waals surface area contributed by atoms with E-state index in [0.29, 0.717) is 0 Å². The van der Waals surface area contributed by atoms with Gasteiger partial charge in [0.25, 0.3) is 0 Å². The third kappa shape index (κ3) is 13.8. The molecule has 0 spiro atoms. The summed E-state index contributed by atoms with van der Waals surface area (Å²) in [5.74, 6) is -2.08. The van der Waals surface area contributed by atoms with Crippen molar-refractivity contribution in [3.05, 3.63) is 0 Å². The number of hydrogen-bond acceptors (Lipinski definition) is 10. The molecule has 1 fully saturated rings. The van der Waals surface area contributed by atoms with Gasteiger partial charge in [0.1, 0.15) is 12.6 Å². The summed E-state index contributed by atoms with van der Waals surface area (Å²) >= 11 is 0. The van der Waals surface area contributed by atoms with Crippen LogP contribution >= 0.6 is 15.2 Å². The molecule has 0 bridgehead atoms. The zero-order chi connectivity index (χ0) is 25.8. The molecule has 1 heterocycles. The van der Waals surface area contributed by atoms with E-state index in [2.05, 4.69) is 0 Å². The maximum atomic E-state index is 12.3. The Morgan fingerprint density at radius 1 is 0.647 bits per heavy atom. The Balaban J connectivity index is 3.06. The number of nitrogens with zero attached hydrogens (tertiary/aromatic N) is 4. The number of aliphatic carboxylic acids is 2. The lowest BCUT2D eigenvalue weighted by Crippen LogP contribution is -2.48. The van der Waals surface area contributed by atoms with E-state index in [1.807, 2.05) is 0 Å². The van der Waals surface area contributed by atoms with Crippen LogP contribution in [0.15, 0.2) is 0 Å². The molecule has 0 radical (unpaired) electrons. The molecular formula is C18H38N4O10P2. The smallest absolute Gasteiger partial charge is 0.341 e. The zero-order valence-electron chi connectivity index (χ0n) is 19.8. The monoisotopic (exact) mass is 532 g/mol. The van der Waals surface area contributed by atoms with Gasteiger partial charge < -0.3 is 29.0 Å². The van der Waals surface area contributed by atoms with Crippen LogP contribution in [-0.4, -0.2) is 143 Å². The molecule has 1 aliphatic rings. The Labute approximate surface area is 200 Å². The molecule has 1 rings (SSSR count). The van der Waals surface area contributed by atoms with E-state index < -0.39 is 27.1 Å². The van der Waals surface area contributed by atoms with Crippen LogP contribution < -0.4 is 0 Å². The van der Waals surface area contributed by atoms with E-state index in [-0.39, 0.29) is 91.2 Å². The standard InChI is InChI=1S/C18H38N4O10P2/c1-3-31-33(27,28)15-21-9-5-19(13-17(23)24)7-11-22(16-34(29,30)32-4-2)12-8-20(6-10-21)14-18(25)26/h3-16H2,1-2H3,(H,23,24)(H,25,26)(H,27,28)(H,29,30). The predicted octanol–water partition coefficient (Wildman–Crippen LogP) is -0.264. The lowest BCUT2D eigenvalue weighted by atomic mass is 10.3. The van der Waals surface area contributed by atoms with Crippen molar-refractivity contribution in [3.8, 4) is 0 Å². The fourth-order valence-electron chi connectivity index (χ4n) is 3.55. The van der Waals surface area contributed by atoms with E-state index in [4.69, 9.17) is 9.05 Å². The van der Waals surface area contributed by atoms with Crippen molar-refractivity contribution in [1.29, 1.82) is 0 Å². The zero-order valence-corrected chi connectivity index (χ0v) is 21.6. The van der Waals surface area contributed by atoms with E-state index >= 15 is 0 Å². The quantitative estimate of drug-likeness (QED) is 0.241. The van der Waals surface area contributed by atoms with Crippen molar-refractivity contribution in [1.82, 2.24) is 19.6 Å². The molecule has 4 N–H and O–H groups in total.